The summed E-state index contributed by atoms with van der Waals surface area (Å²) in [5.41, 5.74) is 0.630. The van der Waals surface area contributed by atoms with Gasteiger partial charge in [-0.1, -0.05) is 19.4 Å². The van der Waals surface area contributed by atoms with E-state index in [1.165, 1.54) is 26.3 Å². The Hall–Kier alpha value is -2.18. The number of rotatable bonds is 3. The number of esters is 3. The van der Waals surface area contributed by atoms with Crippen molar-refractivity contribution in [2.75, 3.05) is 0 Å². The monoisotopic (exact) mass is 446 g/mol. The first kappa shape index (κ1) is 23.0. The van der Waals surface area contributed by atoms with Crippen LogP contribution in [0.25, 0.3) is 0 Å². The molecule has 0 aromatic heterocycles. The van der Waals surface area contributed by atoms with E-state index in [0.717, 1.165) is 25.7 Å². The maximum Gasteiger partial charge on any atom is 0.303 e. The molecule has 3 fully saturated rings. The Morgan fingerprint density at radius 2 is 1.41 bits per heavy atom. The van der Waals surface area contributed by atoms with E-state index in [1.54, 1.807) is 0 Å². The van der Waals surface area contributed by atoms with Crippen molar-refractivity contribution >= 4 is 23.7 Å². The largest absolute Gasteiger partial charge is 0.462 e. The molecule has 32 heavy (non-hydrogen) atoms. The fourth-order valence-corrected chi connectivity index (χ4v) is 7.37. The van der Waals surface area contributed by atoms with Gasteiger partial charge in [-0.05, 0) is 61.9 Å². The third-order valence-corrected chi connectivity index (χ3v) is 8.74. The van der Waals surface area contributed by atoms with Gasteiger partial charge in [-0.25, -0.2) is 0 Å². The van der Waals surface area contributed by atoms with Crippen LogP contribution in [0.2, 0.25) is 0 Å². The Morgan fingerprint density at radius 1 is 0.812 bits per heavy atom. The van der Waals surface area contributed by atoms with Gasteiger partial charge < -0.3 is 14.2 Å². The highest BCUT2D eigenvalue weighted by Crippen LogP contribution is 2.64. The van der Waals surface area contributed by atoms with Gasteiger partial charge in [0, 0.05) is 32.1 Å². The number of carbonyl (C=O) groups is 4. The average Bonchev–Trinajstić information content (AvgIpc) is 2.98. The maximum atomic E-state index is 13.4. The molecule has 0 amide bonds. The summed E-state index contributed by atoms with van der Waals surface area (Å²) in [6.07, 6.45) is 4.91. The molecule has 4 rings (SSSR count). The van der Waals surface area contributed by atoms with Crippen molar-refractivity contribution in [1.82, 2.24) is 0 Å². The molecule has 0 radical (unpaired) electrons. The predicted molar refractivity (Wildman–Crippen MR) is 114 cm³/mol. The minimum Gasteiger partial charge on any atom is -0.462 e. The van der Waals surface area contributed by atoms with Crippen LogP contribution in [-0.2, 0) is 33.4 Å². The molecular weight excluding hydrogens is 412 g/mol. The summed E-state index contributed by atoms with van der Waals surface area (Å²) in [5, 5.41) is 0. The van der Waals surface area contributed by atoms with E-state index in [1.807, 2.05) is 6.08 Å². The molecule has 7 nitrogen and oxygen atoms in total. The fourth-order valence-electron chi connectivity index (χ4n) is 7.37. The lowest BCUT2D eigenvalue weighted by Crippen LogP contribution is -2.57. The van der Waals surface area contributed by atoms with Crippen LogP contribution < -0.4 is 0 Å². The van der Waals surface area contributed by atoms with E-state index in [9.17, 15) is 19.2 Å². The minimum absolute atomic E-state index is 0.0670. The quantitative estimate of drug-likeness (QED) is 0.483. The van der Waals surface area contributed by atoms with E-state index < -0.39 is 24.1 Å². The zero-order valence-electron chi connectivity index (χ0n) is 19.6. The van der Waals surface area contributed by atoms with Crippen LogP contribution in [0.15, 0.2) is 11.6 Å². The van der Waals surface area contributed by atoms with Gasteiger partial charge >= 0.3 is 17.9 Å². The highest BCUT2D eigenvalue weighted by atomic mass is 16.6. The lowest BCUT2D eigenvalue weighted by atomic mass is 9.48. The van der Waals surface area contributed by atoms with Crippen LogP contribution >= 0.6 is 0 Å². The highest BCUT2D eigenvalue weighted by Gasteiger charge is 2.62. The highest BCUT2D eigenvalue weighted by molar-refractivity contribution is 5.94. The van der Waals surface area contributed by atoms with Crippen molar-refractivity contribution in [2.24, 2.45) is 28.6 Å². The van der Waals surface area contributed by atoms with Crippen LogP contribution in [0.3, 0.4) is 0 Å². The molecule has 0 aliphatic heterocycles. The molecule has 4 aliphatic carbocycles. The molecule has 176 valence electrons. The van der Waals surface area contributed by atoms with Crippen molar-refractivity contribution in [2.45, 2.75) is 91.5 Å². The lowest BCUT2D eigenvalue weighted by Gasteiger charge is -2.57. The summed E-state index contributed by atoms with van der Waals surface area (Å²) < 4.78 is 16.8. The van der Waals surface area contributed by atoms with Crippen molar-refractivity contribution in [1.29, 1.82) is 0 Å². The first-order valence-corrected chi connectivity index (χ1v) is 11.7. The molecule has 0 aromatic carbocycles. The van der Waals surface area contributed by atoms with E-state index in [4.69, 9.17) is 14.2 Å². The molecule has 8 atom stereocenters. The number of hydrogen-bond acceptors (Lipinski definition) is 7. The predicted octanol–water partition coefficient (Wildman–Crippen LogP) is 3.53. The first-order valence-electron chi connectivity index (χ1n) is 11.7. The van der Waals surface area contributed by atoms with Gasteiger partial charge in [-0.15, -0.1) is 0 Å². The minimum atomic E-state index is -0.609. The summed E-state index contributed by atoms with van der Waals surface area (Å²) in [7, 11) is 0. The third kappa shape index (κ3) is 3.67. The SMILES string of the molecule is CC(=O)O[C@H]1C[C@@]2(C)[C@H](C[C@H]1OC(C)=O)C(=O)C=C1[C@@H]2CC[C@]2(C)[C@@H](OC(C)=O)CC[C@@H]12. The maximum absolute atomic E-state index is 13.4. The van der Waals surface area contributed by atoms with E-state index in [0.29, 0.717) is 12.8 Å². The second-order valence-corrected chi connectivity index (χ2v) is 10.7. The van der Waals surface area contributed by atoms with Crippen molar-refractivity contribution in [3.05, 3.63) is 11.6 Å². The summed E-state index contributed by atoms with van der Waals surface area (Å²) in [5.74, 6) is -0.927. The van der Waals surface area contributed by atoms with E-state index >= 15 is 0 Å². The molecule has 0 aromatic rings. The van der Waals surface area contributed by atoms with Gasteiger partial charge in [-0.2, -0.15) is 0 Å². The zero-order chi connectivity index (χ0) is 23.4. The number of hydrogen-bond donors (Lipinski definition) is 0. The second kappa shape index (κ2) is 7.99. The molecule has 0 heterocycles. The molecule has 3 saturated carbocycles. The summed E-state index contributed by atoms with van der Waals surface area (Å²) in [6.45, 7) is 8.47. The van der Waals surface area contributed by atoms with Gasteiger partial charge in [0.25, 0.3) is 0 Å². The molecule has 0 N–H and O–H groups in total. The second-order valence-electron chi connectivity index (χ2n) is 10.7. The van der Waals surface area contributed by atoms with Crippen LogP contribution in [0.5, 0.6) is 0 Å². The topological polar surface area (TPSA) is 96.0 Å². The van der Waals surface area contributed by atoms with Crippen LogP contribution in [0.1, 0.15) is 73.1 Å². The van der Waals surface area contributed by atoms with Crippen LogP contribution in [0.4, 0.5) is 0 Å². The number of ketones is 1. The molecule has 0 bridgehead atoms. The zero-order valence-corrected chi connectivity index (χ0v) is 19.6. The van der Waals surface area contributed by atoms with Gasteiger partial charge in [0.05, 0.1) is 0 Å². The smallest absolute Gasteiger partial charge is 0.303 e. The van der Waals surface area contributed by atoms with Crippen LogP contribution in [0, 0.1) is 28.6 Å². The molecule has 0 spiro atoms. The normalized spacial score (nSPS) is 42.7. The van der Waals surface area contributed by atoms with Crippen LogP contribution in [-0.4, -0.2) is 42.0 Å². The molecule has 0 saturated heterocycles. The number of fused-ring (bicyclic) bond motifs is 5. The standard InChI is InChI=1S/C25H34O7/c1-13(26)30-21-11-19-20(29)10-16-17-6-7-23(32-15(3)28)24(17,4)9-8-18(16)25(19,5)12-22(21)31-14(2)27/h10,17-19,21-23H,6-9,11-12H2,1-5H3/t17-,18-,19+,21+,22-,23-,24-,25+/m0/s1. The third-order valence-electron chi connectivity index (χ3n) is 8.74. The molecule has 4 aliphatic rings. The van der Waals surface area contributed by atoms with Gasteiger partial charge in [-0.3, -0.25) is 19.2 Å². The van der Waals surface area contributed by atoms with Crippen molar-refractivity contribution in [3.63, 3.8) is 0 Å². The lowest BCUT2D eigenvalue weighted by molar-refractivity contribution is -0.184. The molecule has 0 unspecified atom stereocenters. The van der Waals surface area contributed by atoms with Crippen molar-refractivity contribution in [3.8, 4) is 0 Å². The Balaban J connectivity index is 1.67. The molecule has 7 heteroatoms. The summed E-state index contributed by atoms with van der Waals surface area (Å²) in [4.78, 5) is 48.5. The number of ether oxygens (including phenoxy) is 3. The Morgan fingerprint density at radius 3 is 2.03 bits per heavy atom. The summed E-state index contributed by atoms with van der Waals surface area (Å²) in [6, 6.07) is 0. The first-order chi connectivity index (χ1) is 15.0. The Bertz CT molecular complexity index is 876. The Kier molecular flexibility index (Phi) is 5.74. The van der Waals surface area contributed by atoms with Gasteiger partial charge in [0.2, 0.25) is 0 Å². The number of allylic oxidation sites excluding steroid dienone is 2. The van der Waals surface area contributed by atoms with E-state index in [-0.39, 0.29) is 46.4 Å². The van der Waals surface area contributed by atoms with E-state index in [2.05, 4.69) is 13.8 Å². The van der Waals surface area contributed by atoms with Crippen molar-refractivity contribution < 1.29 is 33.4 Å². The van der Waals surface area contributed by atoms with Gasteiger partial charge in [0.15, 0.2) is 5.78 Å². The Labute approximate surface area is 189 Å². The average molecular weight is 447 g/mol. The molecular formula is C25H34O7. The summed E-state index contributed by atoms with van der Waals surface area (Å²) >= 11 is 0. The fraction of sp³-hybridized carbons (Fsp3) is 0.760. The van der Waals surface area contributed by atoms with Gasteiger partial charge in [0.1, 0.15) is 18.3 Å². The number of carbonyl (C=O) groups excluding carboxylic acids is 4.